The van der Waals surface area contributed by atoms with Gasteiger partial charge in [0.15, 0.2) is 0 Å². The van der Waals surface area contributed by atoms with E-state index in [4.69, 9.17) is 0 Å². The standard InChI is InChI=1S/C27H31N3O2/c31-19-25-27(23-11-9-21(10-12-23)8-7-20-5-6-20)24-18-29(14-1-2-15-30(24)25)26(32)16-22-4-3-13-28-17-22/h3-4,9-13,17,20,24-25,27,31H,1-2,5-6,14-16,18-19H2/t24-,25-,27+/m0/s1. The molecule has 5 heteroatoms. The van der Waals surface area contributed by atoms with E-state index < -0.39 is 0 Å². The summed E-state index contributed by atoms with van der Waals surface area (Å²) >= 11 is 0. The Morgan fingerprint density at radius 3 is 2.66 bits per heavy atom. The van der Waals surface area contributed by atoms with Crippen molar-refractivity contribution in [2.45, 2.75) is 50.1 Å². The number of aliphatic hydroxyl groups is 1. The Hall–Kier alpha value is -2.68. The second-order valence-corrected chi connectivity index (χ2v) is 9.33. The summed E-state index contributed by atoms with van der Waals surface area (Å²) in [6, 6.07) is 12.8. The van der Waals surface area contributed by atoms with E-state index in [1.807, 2.05) is 17.0 Å². The number of rotatable bonds is 4. The summed E-state index contributed by atoms with van der Waals surface area (Å²) in [6.07, 6.45) is 8.42. The molecule has 1 aromatic carbocycles. The number of amides is 1. The van der Waals surface area contributed by atoms with Crippen LogP contribution in [-0.2, 0) is 11.2 Å². The SMILES string of the molecule is O=C(Cc1cccnc1)N1CCCCN2[C@@H](CO)[C@H](c3ccc(C#CC4CC4)cc3)[C@@H]2C1. The summed E-state index contributed by atoms with van der Waals surface area (Å²) < 4.78 is 0. The number of aromatic nitrogens is 1. The smallest absolute Gasteiger partial charge is 0.227 e. The zero-order chi connectivity index (χ0) is 21.9. The van der Waals surface area contributed by atoms with Crippen LogP contribution in [0.3, 0.4) is 0 Å². The molecule has 0 unspecified atom stereocenters. The zero-order valence-electron chi connectivity index (χ0n) is 18.5. The summed E-state index contributed by atoms with van der Waals surface area (Å²) in [6.45, 7) is 2.65. The van der Waals surface area contributed by atoms with Gasteiger partial charge < -0.3 is 10.0 Å². The van der Waals surface area contributed by atoms with Crippen LogP contribution < -0.4 is 0 Å². The molecule has 1 aliphatic carbocycles. The lowest BCUT2D eigenvalue weighted by molar-refractivity contribution is -0.135. The van der Waals surface area contributed by atoms with Crippen LogP contribution in [-0.4, -0.2) is 64.1 Å². The van der Waals surface area contributed by atoms with Crippen molar-refractivity contribution in [3.8, 4) is 11.8 Å². The first kappa shape index (κ1) is 21.2. The van der Waals surface area contributed by atoms with Gasteiger partial charge in [-0.1, -0.05) is 30.0 Å². The Labute approximate surface area is 190 Å². The molecule has 1 N–H and O–H groups in total. The highest BCUT2D eigenvalue weighted by Crippen LogP contribution is 2.42. The van der Waals surface area contributed by atoms with Crippen molar-refractivity contribution in [2.75, 3.05) is 26.2 Å². The van der Waals surface area contributed by atoms with Gasteiger partial charge in [-0.2, -0.15) is 0 Å². The van der Waals surface area contributed by atoms with Gasteiger partial charge in [0.1, 0.15) is 0 Å². The first-order chi connectivity index (χ1) is 15.7. The fourth-order valence-corrected chi connectivity index (χ4v) is 5.16. The minimum Gasteiger partial charge on any atom is -0.395 e. The molecule has 0 radical (unpaired) electrons. The fourth-order valence-electron chi connectivity index (χ4n) is 5.16. The molecule has 3 heterocycles. The van der Waals surface area contributed by atoms with Crippen LogP contribution in [0.5, 0.6) is 0 Å². The average Bonchev–Trinajstić information content (AvgIpc) is 3.63. The number of pyridine rings is 1. The van der Waals surface area contributed by atoms with Gasteiger partial charge in [-0.05, 0) is 61.6 Å². The van der Waals surface area contributed by atoms with Gasteiger partial charge in [0, 0.05) is 55.0 Å². The second-order valence-electron chi connectivity index (χ2n) is 9.33. The molecule has 0 spiro atoms. The number of carbonyl (C=O) groups is 1. The molecule has 2 aromatic rings. The highest BCUT2D eigenvalue weighted by Gasteiger charge is 2.49. The third-order valence-corrected chi connectivity index (χ3v) is 7.09. The van der Waals surface area contributed by atoms with Crippen molar-refractivity contribution < 1.29 is 9.90 Å². The normalized spacial score (nSPS) is 25.5. The predicted molar refractivity (Wildman–Crippen MR) is 124 cm³/mol. The maximum atomic E-state index is 13.1. The summed E-state index contributed by atoms with van der Waals surface area (Å²) in [4.78, 5) is 21.7. The predicted octanol–water partition coefficient (Wildman–Crippen LogP) is 2.84. The number of aliphatic hydroxyl groups excluding tert-OH is 1. The van der Waals surface area contributed by atoms with Gasteiger partial charge in [-0.3, -0.25) is 14.7 Å². The number of nitrogens with zero attached hydrogens (tertiary/aromatic N) is 3. The van der Waals surface area contributed by atoms with Gasteiger partial charge in [-0.15, -0.1) is 0 Å². The monoisotopic (exact) mass is 429 g/mol. The van der Waals surface area contributed by atoms with Gasteiger partial charge >= 0.3 is 0 Å². The van der Waals surface area contributed by atoms with Crippen LogP contribution in [0.4, 0.5) is 0 Å². The van der Waals surface area contributed by atoms with E-state index in [2.05, 4.69) is 46.0 Å². The number of benzene rings is 1. The maximum absolute atomic E-state index is 13.1. The zero-order valence-corrected chi connectivity index (χ0v) is 18.5. The number of hydrogen-bond acceptors (Lipinski definition) is 4. The van der Waals surface area contributed by atoms with Crippen molar-refractivity contribution >= 4 is 5.91 Å². The number of hydrogen-bond donors (Lipinski definition) is 1. The number of fused-ring (bicyclic) bond motifs is 1. The minimum atomic E-state index is 0.122. The first-order valence-corrected chi connectivity index (χ1v) is 11.9. The molecule has 1 amide bonds. The molecule has 0 bridgehead atoms. The Morgan fingerprint density at radius 1 is 1.12 bits per heavy atom. The molecular formula is C27H31N3O2. The van der Waals surface area contributed by atoms with E-state index >= 15 is 0 Å². The molecule has 166 valence electrons. The summed E-state index contributed by atoms with van der Waals surface area (Å²) in [7, 11) is 0. The van der Waals surface area contributed by atoms with E-state index in [-0.39, 0.29) is 30.5 Å². The molecule has 3 fully saturated rings. The van der Waals surface area contributed by atoms with Crippen LogP contribution in [0.1, 0.15) is 48.3 Å². The van der Waals surface area contributed by atoms with E-state index in [0.29, 0.717) is 18.9 Å². The lowest BCUT2D eigenvalue weighted by Gasteiger charge is -2.57. The molecule has 2 saturated heterocycles. The maximum Gasteiger partial charge on any atom is 0.227 e. The molecule has 1 saturated carbocycles. The van der Waals surface area contributed by atoms with Crippen molar-refractivity contribution in [2.24, 2.45) is 5.92 Å². The Bertz CT molecular complexity index is 991. The van der Waals surface area contributed by atoms with Gasteiger partial charge in [0.05, 0.1) is 13.0 Å². The molecule has 3 aliphatic rings. The molecular weight excluding hydrogens is 398 g/mol. The van der Waals surface area contributed by atoms with Crippen LogP contribution in [0, 0.1) is 17.8 Å². The molecule has 1 aromatic heterocycles. The van der Waals surface area contributed by atoms with Crippen molar-refractivity contribution in [1.82, 2.24) is 14.8 Å². The first-order valence-electron chi connectivity index (χ1n) is 11.9. The summed E-state index contributed by atoms with van der Waals surface area (Å²) in [5.41, 5.74) is 3.25. The van der Waals surface area contributed by atoms with Crippen LogP contribution >= 0.6 is 0 Å². The lowest BCUT2D eigenvalue weighted by Crippen LogP contribution is -2.68. The molecule has 5 nitrogen and oxygen atoms in total. The van der Waals surface area contributed by atoms with E-state index in [0.717, 1.165) is 37.1 Å². The van der Waals surface area contributed by atoms with E-state index in [9.17, 15) is 9.90 Å². The summed E-state index contributed by atoms with van der Waals surface area (Å²) in [5, 5.41) is 10.1. The van der Waals surface area contributed by atoms with Gasteiger partial charge in [-0.25, -0.2) is 0 Å². The third kappa shape index (κ3) is 4.57. The van der Waals surface area contributed by atoms with Crippen LogP contribution in [0.15, 0.2) is 48.8 Å². The van der Waals surface area contributed by atoms with Crippen molar-refractivity contribution in [1.29, 1.82) is 0 Å². The Kier molecular flexibility index (Phi) is 6.25. The van der Waals surface area contributed by atoms with Gasteiger partial charge in [0.25, 0.3) is 0 Å². The second kappa shape index (κ2) is 9.44. The van der Waals surface area contributed by atoms with E-state index in [1.54, 1.807) is 12.4 Å². The fraction of sp³-hybridized carbons (Fsp3) is 0.481. The van der Waals surface area contributed by atoms with Crippen molar-refractivity contribution in [3.63, 3.8) is 0 Å². The topological polar surface area (TPSA) is 56.7 Å². The molecule has 2 aliphatic heterocycles. The Morgan fingerprint density at radius 2 is 1.94 bits per heavy atom. The quantitative estimate of drug-likeness (QED) is 0.760. The van der Waals surface area contributed by atoms with Crippen LogP contribution in [0.2, 0.25) is 0 Å². The molecule has 32 heavy (non-hydrogen) atoms. The Balaban J connectivity index is 1.32. The van der Waals surface area contributed by atoms with E-state index in [1.165, 1.54) is 18.4 Å². The average molecular weight is 430 g/mol. The molecule has 5 rings (SSSR count). The van der Waals surface area contributed by atoms with Crippen molar-refractivity contribution in [3.05, 3.63) is 65.5 Å². The van der Waals surface area contributed by atoms with Gasteiger partial charge in [0.2, 0.25) is 5.91 Å². The highest BCUT2D eigenvalue weighted by molar-refractivity contribution is 5.78. The lowest BCUT2D eigenvalue weighted by atomic mass is 9.74. The minimum absolute atomic E-state index is 0.122. The summed E-state index contributed by atoms with van der Waals surface area (Å²) in [5.74, 6) is 7.60. The highest BCUT2D eigenvalue weighted by atomic mass is 16.3. The third-order valence-electron chi connectivity index (χ3n) is 7.09. The largest absolute Gasteiger partial charge is 0.395 e. The van der Waals surface area contributed by atoms with Crippen LogP contribution in [0.25, 0.3) is 0 Å². The molecule has 3 atom stereocenters. The number of carbonyl (C=O) groups excluding carboxylic acids is 1.